The predicted molar refractivity (Wildman–Crippen MR) is 59.1 cm³/mol. The van der Waals surface area contributed by atoms with Gasteiger partial charge in [0.05, 0.1) is 5.02 Å². The van der Waals surface area contributed by atoms with Crippen LogP contribution in [0.15, 0.2) is 34.7 Å². The van der Waals surface area contributed by atoms with Crippen LogP contribution in [0, 0.1) is 5.82 Å². The van der Waals surface area contributed by atoms with E-state index in [1.807, 2.05) is 0 Å². The van der Waals surface area contributed by atoms with Crippen molar-refractivity contribution in [3.63, 3.8) is 0 Å². The van der Waals surface area contributed by atoms with E-state index in [2.05, 4.69) is 0 Å². The number of carbonyl (C=O) groups excluding carboxylic acids is 1. The van der Waals surface area contributed by atoms with E-state index >= 15 is 0 Å². The summed E-state index contributed by atoms with van der Waals surface area (Å²) in [6, 6.07) is 7.53. The zero-order chi connectivity index (χ0) is 11.7. The van der Waals surface area contributed by atoms with Gasteiger partial charge >= 0.3 is 0 Å². The molecule has 1 aromatic carbocycles. The molecule has 0 amide bonds. The number of hydrogen-bond donors (Lipinski definition) is 0. The molecule has 0 atom stereocenters. The molecule has 0 aliphatic heterocycles. The van der Waals surface area contributed by atoms with Gasteiger partial charge in [0.15, 0.2) is 11.5 Å². The first-order valence-electron chi connectivity index (χ1n) is 4.64. The summed E-state index contributed by atoms with van der Waals surface area (Å²) >= 11 is 5.56. The molecule has 1 aromatic heterocycles. The number of Topliss-reactive ketones (excluding diaryl/α,β-unsaturated/α-hetero) is 1. The van der Waals surface area contributed by atoms with E-state index in [9.17, 15) is 9.18 Å². The minimum absolute atomic E-state index is 0.0575. The zero-order valence-electron chi connectivity index (χ0n) is 8.46. The Morgan fingerprint density at radius 2 is 2.06 bits per heavy atom. The van der Waals surface area contributed by atoms with Crippen LogP contribution in [0.1, 0.15) is 17.5 Å². The topological polar surface area (TPSA) is 30.2 Å². The molecule has 2 nitrogen and oxygen atoms in total. The maximum absolute atomic E-state index is 13.2. The van der Waals surface area contributed by atoms with Gasteiger partial charge in [-0.25, -0.2) is 4.39 Å². The molecule has 0 saturated carbocycles. The third-order valence-electron chi connectivity index (χ3n) is 2.16. The Balaban J connectivity index is 2.42. The minimum atomic E-state index is -0.514. The minimum Gasteiger partial charge on any atom is -0.453 e. The van der Waals surface area contributed by atoms with Crippen molar-refractivity contribution in [3.8, 4) is 11.3 Å². The van der Waals surface area contributed by atoms with Crippen molar-refractivity contribution >= 4 is 17.4 Å². The van der Waals surface area contributed by atoms with Gasteiger partial charge in [0.2, 0.25) is 0 Å². The van der Waals surface area contributed by atoms with Gasteiger partial charge in [-0.2, -0.15) is 0 Å². The normalized spacial score (nSPS) is 10.4. The van der Waals surface area contributed by atoms with E-state index in [0.29, 0.717) is 11.3 Å². The summed E-state index contributed by atoms with van der Waals surface area (Å²) < 4.78 is 18.5. The number of ketones is 1. The number of hydrogen-bond acceptors (Lipinski definition) is 2. The maximum Gasteiger partial charge on any atom is 0.194 e. The van der Waals surface area contributed by atoms with Gasteiger partial charge in [-0.1, -0.05) is 11.6 Å². The lowest BCUT2D eigenvalue weighted by atomic mass is 10.2. The van der Waals surface area contributed by atoms with E-state index in [4.69, 9.17) is 16.0 Å². The highest BCUT2D eigenvalue weighted by Gasteiger charge is 2.09. The smallest absolute Gasteiger partial charge is 0.194 e. The van der Waals surface area contributed by atoms with E-state index in [1.54, 1.807) is 18.2 Å². The summed E-state index contributed by atoms with van der Waals surface area (Å²) in [5.74, 6) is 0.0201. The fourth-order valence-electron chi connectivity index (χ4n) is 1.33. The van der Waals surface area contributed by atoms with Crippen LogP contribution < -0.4 is 0 Å². The molecule has 0 unspecified atom stereocenters. The van der Waals surface area contributed by atoms with Crippen LogP contribution in [-0.4, -0.2) is 5.78 Å². The van der Waals surface area contributed by atoms with Gasteiger partial charge in [-0.3, -0.25) is 4.79 Å². The standard InChI is InChI=1S/C12H8ClFO2/c1-7(15)11-4-5-12(16-11)8-2-3-9(13)10(14)6-8/h2-6H,1H3. The van der Waals surface area contributed by atoms with Crippen LogP contribution in [0.3, 0.4) is 0 Å². The van der Waals surface area contributed by atoms with Crippen LogP contribution in [-0.2, 0) is 0 Å². The lowest BCUT2D eigenvalue weighted by molar-refractivity contribution is 0.0988. The van der Waals surface area contributed by atoms with Gasteiger partial charge in [0.1, 0.15) is 11.6 Å². The molecule has 4 heteroatoms. The summed E-state index contributed by atoms with van der Waals surface area (Å²) in [6.45, 7) is 1.41. The Bertz CT molecular complexity index is 546. The highest BCUT2D eigenvalue weighted by atomic mass is 35.5. The Morgan fingerprint density at radius 1 is 1.31 bits per heavy atom. The number of benzene rings is 1. The molecule has 2 rings (SSSR count). The van der Waals surface area contributed by atoms with Gasteiger partial charge < -0.3 is 4.42 Å². The van der Waals surface area contributed by atoms with Crippen LogP contribution in [0.5, 0.6) is 0 Å². The second-order valence-electron chi connectivity index (χ2n) is 3.35. The molecular weight excluding hydrogens is 231 g/mol. The average Bonchev–Trinajstić information content (AvgIpc) is 2.71. The first-order valence-corrected chi connectivity index (χ1v) is 5.02. The molecule has 1 heterocycles. The van der Waals surface area contributed by atoms with E-state index in [-0.39, 0.29) is 16.6 Å². The molecule has 0 N–H and O–H groups in total. The maximum atomic E-state index is 13.2. The predicted octanol–water partition coefficient (Wildman–Crippen LogP) is 3.94. The molecule has 0 fully saturated rings. The van der Waals surface area contributed by atoms with Gasteiger partial charge in [-0.05, 0) is 30.3 Å². The summed E-state index contributed by atoms with van der Waals surface area (Å²) in [6.07, 6.45) is 0. The summed E-state index contributed by atoms with van der Waals surface area (Å²) in [5, 5.41) is 0.0575. The van der Waals surface area contributed by atoms with Crippen molar-refractivity contribution in [2.45, 2.75) is 6.92 Å². The van der Waals surface area contributed by atoms with Gasteiger partial charge in [0.25, 0.3) is 0 Å². The second-order valence-corrected chi connectivity index (χ2v) is 3.76. The molecule has 0 aliphatic rings. The average molecular weight is 239 g/mol. The molecule has 0 bridgehead atoms. The molecule has 2 aromatic rings. The Kier molecular flexibility index (Phi) is 2.79. The number of halogens is 2. The monoisotopic (exact) mass is 238 g/mol. The second kappa shape index (κ2) is 4.10. The summed E-state index contributed by atoms with van der Waals surface area (Å²) in [7, 11) is 0. The Hall–Kier alpha value is -1.61. The van der Waals surface area contributed by atoms with Crippen molar-refractivity contribution in [2.75, 3.05) is 0 Å². The summed E-state index contributed by atoms with van der Waals surface area (Å²) in [5.41, 5.74) is 0.550. The first-order chi connectivity index (χ1) is 7.58. The van der Waals surface area contributed by atoms with Crippen LogP contribution >= 0.6 is 11.6 Å². The Morgan fingerprint density at radius 3 is 2.62 bits per heavy atom. The van der Waals surface area contributed by atoms with Crippen molar-refractivity contribution in [1.82, 2.24) is 0 Å². The molecular formula is C12H8ClFO2. The Labute approximate surface area is 96.6 Å². The molecule has 82 valence electrons. The molecule has 0 spiro atoms. The molecule has 0 radical (unpaired) electrons. The van der Waals surface area contributed by atoms with Crippen molar-refractivity contribution in [1.29, 1.82) is 0 Å². The highest BCUT2D eigenvalue weighted by molar-refractivity contribution is 6.30. The van der Waals surface area contributed by atoms with Crippen molar-refractivity contribution < 1.29 is 13.6 Å². The highest BCUT2D eigenvalue weighted by Crippen LogP contribution is 2.26. The lowest BCUT2D eigenvalue weighted by Gasteiger charge is -1.98. The van der Waals surface area contributed by atoms with E-state index < -0.39 is 5.82 Å². The molecule has 0 saturated heterocycles. The van der Waals surface area contributed by atoms with Gasteiger partial charge in [0, 0.05) is 12.5 Å². The number of furan rings is 1. The SMILES string of the molecule is CC(=O)c1ccc(-c2ccc(Cl)c(F)c2)o1. The van der Waals surface area contributed by atoms with Gasteiger partial charge in [-0.15, -0.1) is 0 Å². The molecule has 16 heavy (non-hydrogen) atoms. The zero-order valence-corrected chi connectivity index (χ0v) is 9.22. The fraction of sp³-hybridized carbons (Fsp3) is 0.0833. The van der Waals surface area contributed by atoms with E-state index in [0.717, 1.165) is 0 Å². The quantitative estimate of drug-likeness (QED) is 0.742. The largest absolute Gasteiger partial charge is 0.453 e. The third-order valence-corrected chi connectivity index (χ3v) is 2.46. The molecule has 0 aliphatic carbocycles. The third kappa shape index (κ3) is 1.99. The van der Waals surface area contributed by atoms with E-state index in [1.165, 1.54) is 19.1 Å². The summed E-state index contributed by atoms with van der Waals surface area (Å²) in [4.78, 5) is 11.0. The number of rotatable bonds is 2. The van der Waals surface area contributed by atoms with Crippen LogP contribution in [0.4, 0.5) is 4.39 Å². The first kappa shape index (κ1) is 10.9. The lowest BCUT2D eigenvalue weighted by Crippen LogP contribution is -1.86. The van der Waals surface area contributed by atoms with Crippen molar-refractivity contribution in [2.24, 2.45) is 0 Å². The number of carbonyl (C=O) groups is 1. The van der Waals surface area contributed by atoms with Crippen LogP contribution in [0.2, 0.25) is 5.02 Å². The van der Waals surface area contributed by atoms with Crippen LogP contribution in [0.25, 0.3) is 11.3 Å². The fourth-order valence-corrected chi connectivity index (χ4v) is 1.45. The van der Waals surface area contributed by atoms with Crippen molar-refractivity contribution in [3.05, 3.63) is 46.9 Å².